The van der Waals surface area contributed by atoms with Crippen molar-refractivity contribution in [3.63, 3.8) is 0 Å². The molecule has 1 aromatic rings. The predicted molar refractivity (Wildman–Crippen MR) is 56.0 cm³/mol. The minimum atomic E-state index is -1.06. The van der Waals surface area contributed by atoms with Gasteiger partial charge in [-0.15, -0.1) is 11.3 Å². The number of rotatable bonds is 6. The lowest BCUT2D eigenvalue weighted by Gasteiger charge is -2.02. The lowest BCUT2D eigenvalue weighted by Crippen LogP contribution is -2.13. The van der Waals surface area contributed by atoms with Crippen LogP contribution in [0, 0.1) is 0 Å². The highest BCUT2D eigenvalue weighted by atomic mass is 32.1. The van der Waals surface area contributed by atoms with Gasteiger partial charge in [-0.2, -0.15) is 0 Å². The van der Waals surface area contributed by atoms with Gasteiger partial charge in [0.1, 0.15) is 5.00 Å². The lowest BCUT2D eigenvalue weighted by molar-refractivity contribution is -0.118. The van der Waals surface area contributed by atoms with Crippen molar-refractivity contribution in [1.29, 1.82) is 0 Å². The number of nitrogens with one attached hydrogen (secondary N) is 1. The second-order valence-corrected chi connectivity index (χ2v) is 3.69. The van der Waals surface area contributed by atoms with Gasteiger partial charge in [-0.25, -0.2) is 9.78 Å². The fourth-order valence-corrected chi connectivity index (χ4v) is 1.69. The van der Waals surface area contributed by atoms with Gasteiger partial charge in [0.2, 0.25) is 5.91 Å². The van der Waals surface area contributed by atoms with Crippen LogP contribution in [0.2, 0.25) is 0 Å². The highest BCUT2D eigenvalue weighted by Crippen LogP contribution is 2.19. The molecule has 1 heterocycles. The van der Waals surface area contributed by atoms with E-state index in [1.54, 1.807) is 0 Å². The molecule has 6 nitrogen and oxygen atoms in total. The number of carbonyl (C=O) groups excluding carboxylic acids is 1. The van der Waals surface area contributed by atoms with Crippen molar-refractivity contribution in [2.24, 2.45) is 5.73 Å². The topological polar surface area (TPSA) is 105 Å². The number of amides is 1. The van der Waals surface area contributed by atoms with Gasteiger partial charge >= 0.3 is 5.97 Å². The number of anilines is 1. The molecule has 82 valence electrons. The summed E-state index contributed by atoms with van der Waals surface area (Å²) in [6.45, 7) is 0.505. The number of carboxylic acids is 1. The minimum Gasteiger partial charge on any atom is -0.476 e. The number of thiazole rings is 1. The molecule has 0 saturated carbocycles. The van der Waals surface area contributed by atoms with Crippen LogP contribution in [0.1, 0.15) is 23.3 Å². The van der Waals surface area contributed by atoms with Gasteiger partial charge in [0.15, 0.2) is 5.69 Å². The van der Waals surface area contributed by atoms with Gasteiger partial charge < -0.3 is 16.2 Å². The van der Waals surface area contributed by atoms with E-state index in [0.717, 1.165) is 0 Å². The van der Waals surface area contributed by atoms with Crippen molar-refractivity contribution >= 4 is 28.2 Å². The number of aromatic nitrogens is 1. The Hall–Kier alpha value is -1.63. The quantitative estimate of drug-likeness (QED) is 0.617. The molecule has 0 fully saturated rings. The zero-order valence-corrected chi connectivity index (χ0v) is 8.71. The Kier molecular flexibility index (Phi) is 4.04. The molecule has 0 atom stereocenters. The Morgan fingerprint density at radius 1 is 1.60 bits per heavy atom. The molecule has 0 spiro atoms. The summed E-state index contributed by atoms with van der Waals surface area (Å²) in [4.78, 5) is 24.8. The van der Waals surface area contributed by atoms with Gasteiger partial charge in [-0.05, 0) is 6.42 Å². The van der Waals surface area contributed by atoms with Gasteiger partial charge in [-0.3, -0.25) is 4.79 Å². The lowest BCUT2D eigenvalue weighted by atomic mass is 10.3. The molecule has 0 aromatic carbocycles. The first-order chi connectivity index (χ1) is 7.11. The van der Waals surface area contributed by atoms with Crippen molar-refractivity contribution in [2.45, 2.75) is 12.8 Å². The largest absolute Gasteiger partial charge is 0.476 e. The van der Waals surface area contributed by atoms with E-state index in [-0.39, 0.29) is 18.0 Å². The van der Waals surface area contributed by atoms with Crippen molar-refractivity contribution in [2.75, 3.05) is 11.9 Å². The Morgan fingerprint density at radius 3 is 2.93 bits per heavy atom. The number of primary amides is 1. The molecular weight excluding hydrogens is 218 g/mol. The molecule has 0 bridgehead atoms. The number of nitrogens with two attached hydrogens (primary N) is 1. The molecule has 4 N–H and O–H groups in total. The van der Waals surface area contributed by atoms with Crippen LogP contribution in [-0.4, -0.2) is 28.5 Å². The fraction of sp³-hybridized carbons (Fsp3) is 0.375. The van der Waals surface area contributed by atoms with Crippen LogP contribution in [-0.2, 0) is 4.79 Å². The normalized spacial score (nSPS) is 9.87. The number of hydrogen-bond donors (Lipinski definition) is 3. The average Bonchev–Trinajstić information content (AvgIpc) is 2.60. The van der Waals surface area contributed by atoms with E-state index in [1.807, 2.05) is 0 Å². The van der Waals surface area contributed by atoms with E-state index in [4.69, 9.17) is 10.8 Å². The standard InChI is InChI=1S/C8H11N3O3S/c9-5(12)2-1-3-10-7-6(8(13)14)11-4-15-7/h4,10H,1-3H2,(H2,9,12)(H,13,14). The van der Waals surface area contributed by atoms with Crippen molar-refractivity contribution in [3.05, 3.63) is 11.2 Å². The maximum Gasteiger partial charge on any atom is 0.357 e. The first kappa shape index (κ1) is 11.4. The van der Waals surface area contributed by atoms with Crippen LogP contribution in [0.3, 0.4) is 0 Å². The molecule has 0 radical (unpaired) electrons. The Labute approximate surface area is 90.1 Å². The molecule has 0 aliphatic heterocycles. The summed E-state index contributed by atoms with van der Waals surface area (Å²) in [5.74, 6) is -1.42. The number of nitrogens with zero attached hydrogens (tertiary/aromatic N) is 1. The van der Waals surface area contributed by atoms with Crippen molar-refractivity contribution < 1.29 is 14.7 Å². The van der Waals surface area contributed by atoms with Crippen LogP contribution in [0.25, 0.3) is 0 Å². The molecule has 1 aromatic heterocycles. The van der Waals surface area contributed by atoms with E-state index in [9.17, 15) is 9.59 Å². The van der Waals surface area contributed by atoms with E-state index >= 15 is 0 Å². The van der Waals surface area contributed by atoms with E-state index in [1.165, 1.54) is 16.8 Å². The molecule has 1 amide bonds. The van der Waals surface area contributed by atoms with Crippen molar-refractivity contribution in [1.82, 2.24) is 4.98 Å². The van der Waals surface area contributed by atoms with Crippen LogP contribution >= 0.6 is 11.3 Å². The summed E-state index contributed by atoms with van der Waals surface area (Å²) in [6.07, 6.45) is 0.862. The highest BCUT2D eigenvalue weighted by molar-refractivity contribution is 7.14. The Bertz CT molecular complexity index is 364. The van der Waals surface area contributed by atoms with E-state index in [2.05, 4.69) is 10.3 Å². The highest BCUT2D eigenvalue weighted by Gasteiger charge is 2.12. The van der Waals surface area contributed by atoms with Crippen LogP contribution in [0.4, 0.5) is 5.00 Å². The van der Waals surface area contributed by atoms with Gasteiger partial charge in [0.25, 0.3) is 0 Å². The summed E-state index contributed by atoms with van der Waals surface area (Å²) >= 11 is 1.22. The molecule has 0 saturated heterocycles. The zero-order chi connectivity index (χ0) is 11.3. The molecule has 0 aliphatic carbocycles. The third kappa shape index (κ3) is 3.55. The third-order valence-corrected chi connectivity index (χ3v) is 2.44. The van der Waals surface area contributed by atoms with Crippen LogP contribution < -0.4 is 11.1 Å². The molecular formula is C8H11N3O3S. The SMILES string of the molecule is NC(=O)CCCNc1scnc1C(=O)O. The summed E-state index contributed by atoms with van der Waals surface area (Å²) in [7, 11) is 0. The molecule has 15 heavy (non-hydrogen) atoms. The van der Waals surface area contributed by atoms with Crippen LogP contribution in [0.15, 0.2) is 5.51 Å². The van der Waals surface area contributed by atoms with Gasteiger partial charge in [-0.1, -0.05) is 0 Å². The van der Waals surface area contributed by atoms with Crippen LogP contribution in [0.5, 0.6) is 0 Å². The number of aromatic carboxylic acids is 1. The average molecular weight is 229 g/mol. The number of carbonyl (C=O) groups is 2. The smallest absolute Gasteiger partial charge is 0.357 e. The second kappa shape index (κ2) is 5.30. The fourth-order valence-electron chi connectivity index (χ4n) is 0.988. The summed E-state index contributed by atoms with van der Waals surface area (Å²) < 4.78 is 0. The minimum absolute atomic E-state index is 0.0130. The first-order valence-corrected chi connectivity index (χ1v) is 5.18. The monoisotopic (exact) mass is 229 g/mol. The number of hydrogen-bond acceptors (Lipinski definition) is 5. The zero-order valence-electron chi connectivity index (χ0n) is 7.90. The predicted octanol–water partition coefficient (Wildman–Crippen LogP) is 0.519. The van der Waals surface area contributed by atoms with E-state index < -0.39 is 5.97 Å². The molecule has 0 aliphatic rings. The van der Waals surface area contributed by atoms with E-state index in [0.29, 0.717) is 18.0 Å². The maximum absolute atomic E-state index is 10.7. The Morgan fingerprint density at radius 2 is 2.33 bits per heavy atom. The maximum atomic E-state index is 10.7. The third-order valence-electron chi connectivity index (χ3n) is 1.66. The summed E-state index contributed by atoms with van der Waals surface area (Å²) in [5.41, 5.74) is 6.43. The van der Waals surface area contributed by atoms with Gasteiger partial charge in [0.05, 0.1) is 5.51 Å². The first-order valence-electron chi connectivity index (χ1n) is 4.30. The van der Waals surface area contributed by atoms with Crippen molar-refractivity contribution in [3.8, 4) is 0 Å². The summed E-state index contributed by atoms with van der Waals surface area (Å²) in [6, 6.07) is 0. The molecule has 1 rings (SSSR count). The summed E-state index contributed by atoms with van der Waals surface area (Å²) in [5, 5.41) is 12.1. The van der Waals surface area contributed by atoms with Gasteiger partial charge in [0, 0.05) is 13.0 Å². The Balaban J connectivity index is 2.40. The second-order valence-electron chi connectivity index (χ2n) is 2.83. The molecule has 0 unspecified atom stereocenters. The number of carboxylic acid groups (broad SMARTS) is 1. The molecule has 7 heteroatoms.